The standard InChI is InChI=1S/C23H35N5O2.HI/c1-16(2)18-8-10-20(11-9-18)27-23(24-3)26-14-17-4-6-19(7-5-17)22(30)28-13-12-25-21(29)15-28;/h4-7,16,18,20H,8-15H2,1-3H3,(H,25,29)(H2,24,26,27);1H. The predicted octanol–water partition coefficient (Wildman–Crippen LogP) is 2.76. The Bertz CT molecular complexity index is 758. The maximum absolute atomic E-state index is 12.6. The van der Waals surface area contributed by atoms with Crippen molar-refractivity contribution in [3.8, 4) is 0 Å². The first-order valence-electron chi connectivity index (χ1n) is 11.1. The van der Waals surface area contributed by atoms with E-state index in [1.807, 2.05) is 24.3 Å². The van der Waals surface area contributed by atoms with Gasteiger partial charge in [0.25, 0.3) is 5.91 Å². The highest BCUT2D eigenvalue weighted by Crippen LogP contribution is 2.29. The van der Waals surface area contributed by atoms with Crippen LogP contribution in [0.3, 0.4) is 0 Å². The van der Waals surface area contributed by atoms with Crippen LogP contribution in [0.4, 0.5) is 0 Å². The average molecular weight is 541 g/mol. The molecule has 1 saturated heterocycles. The molecule has 1 aromatic carbocycles. The second kappa shape index (κ2) is 12.3. The summed E-state index contributed by atoms with van der Waals surface area (Å²) < 4.78 is 0. The number of nitrogens with zero attached hydrogens (tertiary/aromatic N) is 2. The largest absolute Gasteiger partial charge is 0.354 e. The number of guanidine groups is 1. The lowest BCUT2D eigenvalue weighted by atomic mass is 9.80. The molecule has 2 aliphatic rings. The summed E-state index contributed by atoms with van der Waals surface area (Å²) in [6, 6.07) is 8.04. The first-order chi connectivity index (χ1) is 14.5. The lowest BCUT2D eigenvalue weighted by Gasteiger charge is -2.32. The van der Waals surface area contributed by atoms with Gasteiger partial charge in [-0.25, -0.2) is 0 Å². The Labute approximate surface area is 202 Å². The zero-order valence-electron chi connectivity index (χ0n) is 18.8. The highest BCUT2D eigenvalue weighted by atomic mass is 127. The number of carbonyl (C=O) groups is 2. The van der Waals surface area contributed by atoms with Crippen molar-refractivity contribution in [3.05, 3.63) is 35.4 Å². The number of carbonyl (C=O) groups excluding carboxylic acids is 2. The molecule has 0 aromatic heterocycles. The van der Waals surface area contributed by atoms with Gasteiger partial charge in [0.2, 0.25) is 5.91 Å². The zero-order valence-corrected chi connectivity index (χ0v) is 21.1. The minimum atomic E-state index is -0.105. The predicted molar refractivity (Wildman–Crippen MR) is 135 cm³/mol. The van der Waals surface area contributed by atoms with Crippen LogP contribution in [0.1, 0.15) is 55.5 Å². The number of aliphatic imine (C=N–C) groups is 1. The molecule has 1 aliphatic heterocycles. The van der Waals surface area contributed by atoms with Gasteiger partial charge in [-0.3, -0.25) is 14.6 Å². The molecule has 0 unspecified atom stereocenters. The molecular weight excluding hydrogens is 505 g/mol. The van der Waals surface area contributed by atoms with Crippen molar-refractivity contribution in [2.45, 2.75) is 52.1 Å². The molecule has 3 N–H and O–H groups in total. The van der Waals surface area contributed by atoms with Crippen LogP contribution in [0, 0.1) is 11.8 Å². The van der Waals surface area contributed by atoms with Crippen LogP contribution in [0.25, 0.3) is 0 Å². The first-order valence-corrected chi connectivity index (χ1v) is 11.1. The fourth-order valence-electron chi connectivity index (χ4n) is 4.26. The third-order valence-corrected chi connectivity index (χ3v) is 6.27. The Morgan fingerprint density at radius 1 is 1.19 bits per heavy atom. The molecule has 1 aliphatic carbocycles. The SMILES string of the molecule is CN=C(NCc1ccc(C(=O)N2CCNC(=O)C2)cc1)NC1CCC(C(C)C)CC1.I. The molecular formula is C23H36IN5O2. The van der Waals surface area contributed by atoms with Crippen molar-refractivity contribution < 1.29 is 9.59 Å². The van der Waals surface area contributed by atoms with Gasteiger partial charge in [0, 0.05) is 38.3 Å². The van der Waals surface area contributed by atoms with Gasteiger partial charge < -0.3 is 20.9 Å². The van der Waals surface area contributed by atoms with E-state index in [0.717, 1.165) is 23.4 Å². The van der Waals surface area contributed by atoms with E-state index >= 15 is 0 Å². The average Bonchev–Trinajstić information content (AvgIpc) is 2.76. The summed E-state index contributed by atoms with van der Waals surface area (Å²) in [5.41, 5.74) is 1.69. The molecule has 8 heteroatoms. The molecule has 0 radical (unpaired) electrons. The van der Waals surface area contributed by atoms with E-state index in [-0.39, 0.29) is 42.3 Å². The summed E-state index contributed by atoms with van der Waals surface area (Å²) in [6.45, 7) is 6.47. The van der Waals surface area contributed by atoms with Gasteiger partial charge in [0.15, 0.2) is 5.96 Å². The lowest BCUT2D eigenvalue weighted by Crippen LogP contribution is -2.49. The van der Waals surface area contributed by atoms with Crippen LogP contribution >= 0.6 is 24.0 Å². The number of halogens is 1. The molecule has 1 saturated carbocycles. The van der Waals surface area contributed by atoms with E-state index in [2.05, 4.69) is 34.8 Å². The maximum Gasteiger partial charge on any atom is 0.254 e. The Hall–Kier alpha value is -1.84. The number of amides is 2. The number of rotatable bonds is 5. The van der Waals surface area contributed by atoms with Gasteiger partial charge >= 0.3 is 0 Å². The minimum Gasteiger partial charge on any atom is -0.354 e. The number of piperazine rings is 1. The Kier molecular flexibility index (Phi) is 10.1. The fraction of sp³-hybridized carbons (Fsp3) is 0.609. The Balaban J connectivity index is 0.00000341. The van der Waals surface area contributed by atoms with E-state index in [9.17, 15) is 9.59 Å². The van der Waals surface area contributed by atoms with Crippen molar-refractivity contribution in [1.29, 1.82) is 0 Å². The third-order valence-electron chi connectivity index (χ3n) is 6.27. The topological polar surface area (TPSA) is 85.8 Å². The van der Waals surface area contributed by atoms with E-state index in [1.165, 1.54) is 25.7 Å². The summed E-state index contributed by atoms with van der Waals surface area (Å²) in [5.74, 6) is 2.23. The Morgan fingerprint density at radius 3 is 2.45 bits per heavy atom. The normalized spacial score (nSPS) is 21.9. The molecule has 0 atom stereocenters. The van der Waals surface area contributed by atoms with Crippen molar-refractivity contribution in [2.75, 3.05) is 26.7 Å². The molecule has 2 fully saturated rings. The summed E-state index contributed by atoms with van der Waals surface area (Å²) in [7, 11) is 1.80. The molecule has 7 nitrogen and oxygen atoms in total. The van der Waals surface area contributed by atoms with Gasteiger partial charge in [-0.05, 0) is 55.2 Å². The maximum atomic E-state index is 12.6. The van der Waals surface area contributed by atoms with Gasteiger partial charge in [0.1, 0.15) is 0 Å². The second-order valence-corrected chi connectivity index (χ2v) is 8.70. The highest BCUT2D eigenvalue weighted by molar-refractivity contribution is 14.0. The zero-order chi connectivity index (χ0) is 21.5. The van der Waals surface area contributed by atoms with Crippen LogP contribution in [0.15, 0.2) is 29.3 Å². The molecule has 2 amide bonds. The Morgan fingerprint density at radius 2 is 1.87 bits per heavy atom. The molecule has 0 bridgehead atoms. The molecule has 31 heavy (non-hydrogen) atoms. The second-order valence-electron chi connectivity index (χ2n) is 8.70. The van der Waals surface area contributed by atoms with Crippen molar-refractivity contribution in [1.82, 2.24) is 20.9 Å². The van der Waals surface area contributed by atoms with E-state index in [1.54, 1.807) is 11.9 Å². The highest BCUT2D eigenvalue weighted by Gasteiger charge is 2.24. The molecule has 1 aromatic rings. The van der Waals surface area contributed by atoms with E-state index < -0.39 is 0 Å². The summed E-state index contributed by atoms with van der Waals surface area (Å²) in [5, 5.41) is 9.67. The molecule has 1 heterocycles. The van der Waals surface area contributed by atoms with Gasteiger partial charge in [-0.2, -0.15) is 0 Å². The van der Waals surface area contributed by atoms with Crippen LogP contribution in [-0.4, -0.2) is 55.4 Å². The van der Waals surface area contributed by atoms with Crippen molar-refractivity contribution in [2.24, 2.45) is 16.8 Å². The number of hydrogen-bond donors (Lipinski definition) is 3. The molecule has 0 spiro atoms. The van der Waals surface area contributed by atoms with Crippen LogP contribution in [0.2, 0.25) is 0 Å². The fourth-order valence-corrected chi connectivity index (χ4v) is 4.26. The third kappa shape index (κ3) is 7.36. The van der Waals surface area contributed by atoms with Gasteiger partial charge in [-0.1, -0.05) is 26.0 Å². The summed E-state index contributed by atoms with van der Waals surface area (Å²) >= 11 is 0. The first kappa shape index (κ1) is 25.4. The quantitative estimate of drug-likeness (QED) is 0.304. The summed E-state index contributed by atoms with van der Waals surface area (Å²) in [6.07, 6.45) is 4.94. The van der Waals surface area contributed by atoms with Gasteiger partial charge in [-0.15, -0.1) is 24.0 Å². The van der Waals surface area contributed by atoms with Crippen molar-refractivity contribution >= 4 is 41.8 Å². The van der Waals surface area contributed by atoms with Gasteiger partial charge in [0.05, 0.1) is 6.54 Å². The number of nitrogens with one attached hydrogen (secondary N) is 3. The van der Waals surface area contributed by atoms with E-state index in [4.69, 9.17) is 0 Å². The smallest absolute Gasteiger partial charge is 0.254 e. The lowest BCUT2D eigenvalue weighted by molar-refractivity contribution is -0.123. The molecule has 172 valence electrons. The minimum absolute atomic E-state index is 0. The van der Waals surface area contributed by atoms with Crippen molar-refractivity contribution in [3.63, 3.8) is 0 Å². The summed E-state index contributed by atoms with van der Waals surface area (Å²) in [4.78, 5) is 30.0. The number of benzene rings is 1. The monoisotopic (exact) mass is 541 g/mol. The van der Waals surface area contributed by atoms with E-state index in [0.29, 0.717) is 31.2 Å². The molecule has 3 rings (SSSR count). The number of hydrogen-bond acceptors (Lipinski definition) is 3. The van der Waals surface area contributed by atoms with Crippen LogP contribution in [0.5, 0.6) is 0 Å². The van der Waals surface area contributed by atoms with Crippen LogP contribution in [-0.2, 0) is 11.3 Å². The van der Waals surface area contributed by atoms with Crippen LogP contribution < -0.4 is 16.0 Å².